The minimum atomic E-state index is 0.136. The van der Waals surface area contributed by atoms with Crippen LogP contribution in [0.25, 0.3) is 10.9 Å². The van der Waals surface area contributed by atoms with Crippen LogP contribution in [-0.4, -0.2) is 23.5 Å². The van der Waals surface area contributed by atoms with Gasteiger partial charge in [0.25, 0.3) is 0 Å². The van der Waals surface area contributed by atoms with Gasteiger partial charge in [0.15, 0.2) is 0 Å². The van der Waals surface area contributed by atoms with Crippen LogP contribution < -0.4 is 16.4 Å². The van der Waals surface area contributed by atoms with Gasteiger partial charge in [-0.05, 0) is 37.6 Å². The van der Waals surface area contributed by atoms with Gasteiger partial charge in [-0.2, -0.15) is 0 Å². The minimum absolute atomic E-state index is 0.136. The first-order valence-electron chi connectivity index (χ1n) is 6.82. The van der Waals surface area contributed by atoms with Crippen LogP contribution in [0.15, 0.2) is 24.3 Å². The molecule has 5 heteroatoms. The molecule has 1 saturated heterocycles. The van der Waals surface area contributed by atoms with Crippen LogP contribution in [0.1, 0.15) is 18.5 Å². The van der Waals surface area contributed by atoms with E-state index in [9.17, 15) is 4.79 Å². The number of aryl methyl sites for hydroxylation is 1. The lowest BCUT2D eigenvalue weighted by atomic mass is 10.1. The second-order valence-corrected chi connectivity index (χ2v) is 5.27. The Hall–Kier alpha value is -2.30. The number of anilines is 2. The zero-order chi connectivity index (χ0) is 14.1. The van der Waals surface area contributed by atoms with E-state index in [1.807, 2.05) is 31.2 Å². The van der Waals surface area contributed by atoms with Gasteiger partial charge in [-0.25, -0.2) is 0 Å². The van der Waals surface area contributed by atoms with Gasteiger partial charge in [-0.3, -0.25) is 9.78 Å². The fraction of sp³-hybridized carbons (Fsp3) is 0.333. The normalized spacial score (nSPS) is 18.2. The largest absolute Gasteiger partial charge is 0.399 e. The Morgan fingerprint density at radius 1 is 1.45 bits per heavy atom. The molecule has 1 aliphatic heterocycles. The van der Waals surface area contributed by atoms with Gasteiger partial charge in [-0.15, -0.1) is 0 Å². The molecule has 3 rings (SSSR count). The van der Waals surface area contributed by atoms with Crippen LogP contribution in [0.2, 0.25) is 0 Å². The van der Waals surface area contributed by atoms with Crippen molar-refractivity contribution >= 4 is 28.2 Å². The maximum atomic E-state index is 11.2. The average molecular weight is 270 g/mol. The number of nitrogens with zero attached hydrogens (tertiary/aromatic N) is 1. The number of nitrogens with two attached hydrogens (primary N) is 1. The highest BCUT2D eigenvalue weighted by Gasteiger charge is 2.20. The summed E-state index contributed by atoms with van der Waals surface area (Å²) in [6.07, 6.45) is 1.51. The van der Waals surface area contributed by atoms with E-state index >= 15 is 0 Å². The van der Waals surface area contributed by atoms with E-state index in [-0.39, 0.29) is 11.9 Å². The topological polar surface area (TPSA) is 80.0 Å². The van der Waals surface area contributed by atoms with Crippen LogP contribution in [0, 0.1) is 6.92 Å². The van der Waals surface area contributed by atoms with Crippen molar-refractivity contribution in [2.45, 2.75) is 25.8 Å². The minimum Gasteiger partial charge on any atom is -0.399 e. The fourth-order valence-electron chi connectivity index (χ4n) is 2.59. The molecule has 104 valence electrons. The first-order chi connectivity index (χ1) is 9.61. The first kappa shape index (κ1) is 12.7. The smallest absolute Gasteiger partial charge is 0.220 e. The quantitative estimate of drug-likeness (QED) is 0.743. The molecule has 1 aromatic carbocycles. The van der Waals surface area contributed by atoms with Gasteiger partial charge in [0.2, 0.25) is 5.91 Å². The van der Waals surface area contributed by atoms with Gasteiger partial charge in [0, 0.05) is 41.5 Å². The molecule has 1 aliphatic rings. The molecule has 1 atom stereocenters. The molecular weight excluding hydrogens is 252 g/mol. The lowest BCUT2D eigenvalue weighted by molar-refractivity contribution is -0.119. The number of rotatable bonds is 3. The molecule has 0 bridgehead atoms. The van der Waals surface area contributed by atoms with Crippen LogP contribution in [0.4, 0.5) is 11.4 Å². The summed E-state index contributed by atoms with van der Waals surface area (Å²) < 4.78 is 0. The molecule has 0 aliphatic carbocycles. The van der Waals surface area contributed by atoms with E-state index in [0.717, 1.165) is 40.9 Å². The molecular formula is C15H18N4O. The number of amides is 1. The van der Waals surface area contributed by atoms with Crippen molar-refractivity contribution in [1.29, 1.82) is 0 Å². The van der Waals surface area contributed by atoms with Crippen molar-refractivity contribution < 1.29 is 4.79 Å². The van der Waals surface area contributed by atoms with Gasteiger partial charge < -0.3 is 16.4 Å². The molecule has 1 unspecified atom stereocenters. The number of nitrogen functional groups attached to an aromatic ring is 1. The zero-order valence-corrected chi connectivity index (χ0v) is 11.4. The van der Waals surface area contributed by atoms with Crippen molar-refractivity contribution in [3.8, 4) is 0 Å². The predicted molar refractivity (Wildman–Crippen MR) is 80.5 cm³/mol. The Balaban J connectivity index is 1.86. The SMILES string of the molecule is Cc1cc(NCC2CCC(=O)N2)c2cc(N)ccc2n1. The van der Waals surface area contributed by atoms with Crippen LogP contribution in [-0.2, 0) is 4.79 Å². The molecule has 1 aromatic heterocycles. The van der Waals surface area contributed by atoms with Crippen LogP contribution in [0.3, 0.4) is 0 Å². The third-order valence-electron chi connectivity index (χ3n) is 3.58. The standard InChI is InChI=1S/C15H18N4O/c1-9-6-14(17-8-11-3-5-15(20)19-11)12-7-10(16)2-4-13(12)18-9/h2,4,6-7,11H,3,5,8,16H2,1H3,(H,17,18)(H,19,20). The van der Waals surface area contributed by atoms with Gasteiger partial charge in [0.05, 0.1) is 5.52 Å². The number of aromatic nitrogens is 1. The highest BCUT2D eigenvalue weighted by molar-refractivity contribution is 5.93. The second kappa shape index (κ2) is 5.00. The van der Waals surface area contributed by atoms with E-state index in [0.29, 0.717) is 6.42 Å². The van der Waals surface area contributed by atoms with E-state index in [4.69, 9.17) is 5.73 Å². The summed E-state index contributed by atoms with van der Waals surface area (Å²) in [7, 11) is 0. The van der Waals surface area contributed by atoms with Gasteiger partial charge in [-0.1, -0.05) is 0 Å². The Morgan fingerprint density at radius 2 is 2.30 bits per heavy atom. The number of pyridine rings is 1. The number of hydrogen-bond donors (Lipinski definition) is 3. The molecule has 1 fully saturated rings. The summed E-state index contributed by atoms with van der Waals surface area (Å²) in [5.41, 5.74) is 9.48. The molecule has 2 aromatic rings. The molecule has 0 saturated carbocycles. The molecule has 20 heavy (non-hydrogen) atoms. The maximum absolute atomic E-state index is 11.2. The van der Waals surface area contributed by atoms with Crippen molar-refractivity contribution in [2.75, 3.05) is 17.6 Å². The highest BCUT2D eigenvalue weighted by Crippen LogP contribution is 2.25. The number of carbonyl (C=O) groups is 1. The lowest BCUT2D eigenvalue weighted by Gasteiger charge is -2.15. The number of carbonyl (C=O) groups excluding carboxylic acids is 1. The van der Waals surface area contributed by atoms with Crippen molar-refractivity contribution in [3.63, 3.8) is 0 Å². The molecule has 1 amide bonds. The number of fused-ring (bicyclic) bond motifs is 1. The van der Waals surface area contributed by atoms with Gasteiger partial charge >= 0.3 is 0 Å². The maximum Gasteiger partial charge on any atom is 0.220 e. The molecule has 5 nitrogen and oxygen atoms in total. The third-order valence-corrected chi connectivity index (χ3v) is 3.58. The number of nitrogens with one attached hydrogen (secondary N) is 2. The van der Waals surface area contributed by atoms with E-state index in [2.05, 4.69) is 15.6 Å². The molecule has 4 N–H and O–H groups in total. The Labute approximate surface area is 117 Å². The first-order valence-corrected chi connectivity index (χ1v) is 6.82. The molecule has 0 radical (unpaired) electrons. The summed E-state index contributed by atoms with van der Waals surface area (Å²) in [6, 6.07) is 7.93. The fourth-order valence-corrected chi connectivity index (χ4v) is 2.59. The third kappa shape index (κ3) is 2.52. The van der Waals surface area contributed by atoms with E-state index in [1.165, 1.54) is 0 Å². The monoisotopic (exact) mass is 270 g/mol. The predicted octanol–water partition coefficient (Wildman–Crippen LogP) is 1.82. The molecule has 0 spiro atoms. The van der Waals surface area contributed by atoms with Gasteiger partial charge in [0.1, 0.15) is 0 Å². The van der Waals surface area contributed by atoms with Crippen LogP contribution >= 0.6 is 0 Å². The summed E-state index contributed by atoms with van der Waals surface area (Å²) >= 11 is 0. The van der Waals surface area contributed by atoms with Crippen molar-refractivity contribution in [3.05, 3.63) is 30.0 Å². The number of benzene rings is 1. The second-order valence-electron chi connectivity index (χ2n) is 5.27. The van der Waals surface area contributed by atoms with E-state index in [1.54, 1.807) is 0 Å². The summed E-state index contributed by atoms with van der Waals surface area (Å²) in [4.78, 5) is 15.7. The Morgan fingerprint density at radius 3 is 3.05 bits per heavy atom. The Kier molecular flexibility index (Phi) is 3.18. The summed E-state index contributed by atoms with van der Waals surface area (Å²) in [6.45, 7) is 2.69. The lowest BCUT2D eigenvalue weighted by Crippen LogP contribution is -2.31. The van der Waals surface area contributed by atoms with Crippen molar-refractivity contribution in [2.24, 2.45) is 0 Å². The Bertz CT molecular complexity index is 668. The van der Waals surface area contributed by atoms with Crippen LogP contribution in [0.5, 0.6) is 0 Å². The average Bonchev–Trinajstić information content (AvgIpc) is 2.82. The molecule has 2 heterocycles. The zero-order valence-electron chi connectivity index (χ0n) is 11.4. The summed E-state index contributed by atoms with van der Waals surface area (Å²) in [5, 5.41) is 7.38. The van der Waals surface area contributed by atoms with Crippen molar-refractivity contribution in [1.82, 2.24) is 10.3 Å². The van der Waals surface area contributed by atoms with E-state index < -0.39 is 0 Å². The number of hydrogen-bond acceptors (Lipinski definition) is 4. The highest BCUT2D eigenvalue weighted by atomic mass is 16.1. The summed E-state index contributed by atoms with van der Waals surface area (Å²) in [5.74, 6) is 0.136.